The van der Waals surface area contributed by atoms with Crippen molar-refractivity contribution in [2.45, 2.75) is 11.4 Å². The highest BCUT2D eigenvalue weighted by Gasteiger charge is 2.19. The fourth-order valence-corrected chi connectivity index (χ4v) is 3.50. The summed E-state index contributed by atoms with van der Waals surface area (Å²) in [6.07, 6.45) is 0. The fraction of sp³-hybridized carbons (Fsp3) is 0.188. The van der Waals surface area contributed by atoms with Crippen molar-refractivity contribution in [3.05, 3.63) is 64.9 Å². The van der Waals surface area contributed by atoms with Crippen LogP contribution < -0.4 is 10.0 Å². The van der Waals surface area contributed by atoms with E-state index < -0.39 is 15.8 Å². The van der Waals surface area contributed by atoms with Crippen molar-refractivity contribution in [3.63, 3.8) is 0 Å². The van der Waals surface area contributed by atoms with E-state index in [1.54, 1.807) is 0 Å². The number of nitrogens with zero attached hydrogens (tertiary/aromatic N) is 2. The summed E-state index contributed by atoms with van der Waals surface area (Å²) < 4.78 is 39.8. The van der Waals surface area contributed by atoms with Crippen LogP contribution in [0.3, 0.4) is 0 Å². The lowest BCUT2D eigenvalue weighted by atomic mass is 10.2. The summed E-state index contributed by atoms with van der Waals surface area (Å²) >= 11 is 6.14. The summed E-state index contributed by atoms with van der Waals surface area (Å²) in [7, 11) is -3.81. The first-order valence-electron chi connectivity index (χ1n) is 7.46. The lowest BCUT2D eigenvalue weighted by Gasteiger charge is -2.27. The minimum Gasteiger partial charge on any atom is -0.343 e. The number of nitrogens with one attached hydrogen (secondary N) is 2. The van der Waals surface area contributed by atoms with Gasteiger partial charge in [0.25, 0.3) is 10.0 Å². The van der Waals surface area contributed by atoms with Gasteiger partial charge in [-0.3, -0.25) is 4.90 Å². The number of halogens is 2. The van der Waals surface area contributed by atoms with Gasteiger partial charge in [-0.05, 0) is 35.9 Å². The lowest BCUT2D eigenvalue weighted by Crippen LogP contribution is -2.49. The molecule has 6 nitrogen and oxygen atoms in total. The minimum absolute atomic E-state index is 0.0307. The van der Waals surface area contributed by atoms with Gasteiger partial charge in [-0.25, -0.2) is 22.5 Å². The second kappa shape index (κ2) is 7.38. The maximum absolute atomic E-state index is 12.9. The van der Waals surface area contributed by atoms with Crippen LogP contribution in [0, 0.1) is 5.82 Å². The number of hydrogen-bond acceptors (Lipinski definition) is 5. The van der Waals surface area contributed by atoms with Gasteiger partial charge in [0.15, 0.2) is 0 Å². The molecule has 2 aromatic carbocycles. The zero-order chi connectivity index (χ0) is 17.9. The number of sulfonamides is 1. The lowest BCUT2D eigenvalue weighted by molar-refractivity contribution is 0.255. The Hall–Kier alpha value is -2.16. The molecule has 0 saturated heterocycles. The highest BCUT2D eigenvalue weighted by molar-refractivity contribution is 7.90. The van der Waals surface area contributed by atoms with Crippen molar-refractivity contribution >= 4 is 27.6 Å². The van der Waals surface area contributed by atoms with Crippen molar-refractivity contribution in [2.24, 2.45) is 4.99 Å². The summed E-state index contributed by atoms with van der Waals surface area (Å²) in [6.45, 7) is 1.32. The zero-order valence-corrected chi connectivity index (χ0v) is 14.7. The van der Waals surface area contributed by atoms with E-state index in [-0.39, 0.29) is 10.9 Å². The number of benzene rings is 2. The van der Waals surface area contributed by atoms with E-state index in [0.717, 1.165) is 17.7 Å². The molecule has 0 unspecified atom stereocenters. The van der Waals surface area contributed by atoms with Crippen molar-refractivity contribution in [2.75, 3.05) is 13.3 Å². The maximum atomic E-state index is 12.9. The fourth-order valence-electron chi connectivity index (χ4n) is 2.31. The highest BCUT2D eigenvalue weighted by atomic mass is 35.5. The van der Waals surface area contributed by atoms with Crippen molar-refractivity contribution < 1.29 is 12.8 Å². The molecule has 1 aliphatic heterocycles. The summed E-state index contributed by atoms with van der Waals surface area (Å²) in [4.78, 5) is 6.13. The first-order chi connectivity index (χ1) is 11.9. The van der Waals surface area contributed by atoms with Crippen molar-refractivity contribution in [3.8, 4) is 0 Å². The Balaban J connectivity index is 1.63. The third-order valence-corrected chi connectivity index (χ3v) is 5.33. The zero-order valence-electron chi connectivity index (χ0n) is 13.1. The summed E-state index contributed by atoms with van der Waals surface area (Å²) in [5.74, 6) is -0.345. The van der Waals surface area contributed by atoms with Gasteiger partial charge in [-0.1, -0.05) is 29.8 Å². The molecule has 0 spiro atoms. The molecule has 0 saturated carbocycles. The second-order valence-electron chi connectivity index (χ2n) is 5.46. The number of rotatable bonds is 4. The molecule has 0 amide bonds. The van der Waals surface area contributed by atoms with Crippen molar-refractivity contribution in [1.29, 1.82) is 0 Å². The average molecular weight is 383 g/mol. The molecule has 132 valence electrons. The number of aliphatic imine (C=N–C) groups is 1. The SMILES string of the molecule is O=S(=O)(NC1=NCN(Cc2ccccc2Cl)CN1)c1ccc(F)cc1. The minimum atomic E-state index is -3.81. The van der Waals surface area contributed by atoms with E-state index in [1.807, 2.05) is 29.2 Å². The van der Waals surface area contributed by atoms with E-state index >= 15 is 0 Å². The molecule has 3 rings (SSSR count). The molecule has 0 fully saturated rings. The number of hydrogen-bond donors (Lipinski definition) is 2. The van der Waals surface area contributed by atoms with Crippen LogP contribution in [-0.2, 0) is 16.6 Å². The molecule has 0 atom stereocenters. The molecule has 1 aliphatic rings. The Kier molecular flexibility index (Phi) is 5.22. The first kappa shape index (κ1) is 17.7. The van der Waals surface area contributed by atoms with Crippen LogP contribution in [0.1, 0.15) is 5.56 Å². The monoisotopic (exact) mass is 382 g/mol. The Morgan fingerprint density at radius 1 is 1.20 bits per heavy atom. The van der Waals surface area contributed by atoms with Gasteiger partial charge < -0.3 is 5.32 Å². The van der Waals surface area contributed by atoms with Gasteiger partial charge in [0.2, 0.25) is 5.96 Å². The van der Waals surface area contributed by atoms with E-state index in [1.165, 1.54) is 12.1 Å². The van der Waals surface area contributed by atoms with Gasteiger partial charge in [-0.2, -0.15) is 0 Å². The van der Waals surface area contributed by atoms with Crippen LogP contribution in [0.15, 0.2) is 58.4 Å². The van der Waals surface area contributed by atoms with Crippen LogP contribution in [0.25, 0.3) is 0 Å². The predicted octanol–water partition coefficient (Wildman–Crippen LogP) is 2.13. The molecule has 1 heterocycles. The topological polar surface area (TPSA) is 73.8 Å². The smallest absolute Gasteiger partial charge is 0.264 e. The molecule has 9 heteroatoms. The molecule has 0 aliphatic carbocycles. The molecule has 2 N–H and O–H groups in total. The standard InChI is InChI=1S/C16H16ClFN4O2S/c17-15-4-2-1-3-12(15)9-22-10-19-16(20-11-22)21-25(23,24)14-7-5-13(18)6-8-14/h1-8H,9-11H2,(H2,19,20,21). The molecular weight excluding hydrogens is 367 g/mol. The third-order valence-electron chi connectivity index (χ3n) is 3.61. The van der Waals surface area contributed by atoms with Crippen molar-refractivity contribution in [1.82, 2.24) is 14.9 Å². The van der Waals surface area contributed by atoms with Gasteiger partial charge in [0.05, 0.1) is 18.2 Å². The summed E-state index contributed by atoms with van der Waals surface area (Å²) in [5, 5.41) is 3.59. The third kappa shape index (κ3) is 4.47. The van der Waals surface area contributed by atoms with E-state index in [9.17, 15) is 12.8 Å². The molecule has 0 bridgehead atoms. The van der Waals surface area contributed by atoms with Crippen LogP contribution in [0.5, 0.6) is 0 Å². The van der Waals surface area contributed by atoms with Gasteiger partial charge in [-0.15, -0.1) is 0 Å². The van der Waals surface area contributed by atoms with E-state index in [4.69, 9.17) is 11.6 Å². The number of guanidine groups is 1. The molecule has 0 radical (unpaired) electrons. The predicted molar refractivity (Wildman–Crippen MR) is 94.0 cm³/mol. The Morgan fingerprint density at radius 2 is 1.92 bits per heavy atom. The second-order valence-corrected chi connectivity index (χ2v) is 7.55. The maximum Gasteiger partial charge on any atom is 0.264 e. The summed E-state index contributed by atoms with van der Waals surface area (Å²) in [5.41, 5.74) is 0.969. The Morgan fingerprint density at radius 3 is 2.56 bits per heavy atom. The van der Waals surface area contributed by atoms with Gasteiger partial charge in [0, 0.05) is 11.6 Å². The van der Waals surface area contributed by atoms with Crippen LogP contribution >= 0.6 is 11.6 Å². The van der Waals surface area contributed by atoms with E-state index in [0.29, 0.717) is 24.9 Å². The highest BCUT2D eigenvalue weighted by Crippen LogP contribution is 2.17. The molecule has 0 aromatic heterocycles. The Labute approximate surface area is 150 Å². The molecule has 25 heavy (non-hydrogen) atoms. The largest absolute Gasteiger partial charge is 0.343 e. The Bertz CT molecular complexity index is 887. The summed E-state index contributed by atoms with van der Waals surface area (Å²) in [6, 6.07) is 12.1. The normalized spacial score (nSPS) is 15.4. The van der Waals surface area contributed by atoms with Crippen LogP contribution in [0.4, 0.5) is 4.39 Å². The van der Waals surface area contributed by atoms with Crippen LogP contribution in [-0.4, -0.2) is 32.6 Å². The van der Waals surface area contributed by atoms with Crippen LogP contribution in [0.2, 0.25) is 5.02 Å². The van der Waals surface area contributed by atoms with Gasteiger partial charge >= 0.3 is 0 Å². The first-order valence-corrected chi connectivity index (χ1v) is 9.33. The van der Waals surface area contributed by atoms with Gasteiger partial charge in [0.1, 0.15) is 5.82 Å². The molecule has 2 aromatic rings. The van der Waals surface area contributed by atoms with E-state index in [2.05, 4.69) is 15.0 Å². The molecular formula is C16H16ClFN4O2S. The quantitative estimate of drug-likeness (QED) is 0.849. The average Bonchev–Trinajstić information content (AvgIpc) is 2.59.